The maximum atomic E-state index is 12.6. The summed E-state index contributed by atoms with van der Waals surface area (Å²) >= 11 is 5.29. The van der Waals surface area contributed by atoms with Crippen molar-refractivity contribution < 1.29 is 8.42 Å². The van der Waals surface area contributed by atoms with Crippen LogP contribution in [0, 0.1) is 6.92 Å². The molecule has 144 valence electrons. The minimum Gasteiger partial charge on any atom is -0.358 e. The van der Waals surface area contributed by atoms with Gasteiger partial charge in [0, 0.05) is 12.2 Å². The third-order valence-electron chi connectivity index (χ3n) is 4.11. The fourth-order valence-corrected chi connectivity index (χ4v) is 3.88. The molecule has 28 heavy (non-hydrogen) atoms. The molecular weight excluding hydrogens is 390 g/mol. The summed E-state index contributed by atoms with van der Waals surface area (Å²) in [5.74, 6) is 0. The van der Waals surface area contributed by atoms with Gasteiger partial charge in [0.05, 0.1) is 10.6 Å². The summed E-state index contributed by atoms with van der Waals surface area (Å²) in [6, 6.07) is 23.6. The number of thiocarbonyl (C=S) groups is 1. The standard InChI is InChI=1S/C21H21N3O2S2/c1-16-7-5-6-10-20(16)24-28(25,26)19-13-11-18(12-14-19)23-21(27)22-15-17-8-3-2-4-9-17/h2-14,24H,15H2,1H3,(H2,22,23,27). The molecule has 0 fully saturated rings. The molecule has 0 heterocycles. The van der Waals surface area contributed by atoms with Crippen LogP contribution >= 0.6 is 12.2 Å². The number of nitrogens with one attached hydrogen (secondary N) is 3. The third-order valence-corrected chi connectivity index (χ3v) is 5.74. The molecule has 5 nitrogen and oxygen atoms in total. The molecule has 0 atom stereocenters. The second-order valence-corrected chi connectivity index (χ2v) is 8.33. The van der Waals surface area contributed by atoms with Gasteiger partial charge in [0.15, 0.2) is 5.11 Å². The molecule has 0 bridgehead atoms. The van der Waals surface area contributed by atoms with Gasteiger partial charge in [-0.05, 0) is 60.6 Å². The van der Waals surface area contributed by atoms with Crippen LogP contribution in [0.5, 0.6) is 0 Å². The van der Waals surface area contributed by atoms with Gasteiger partial charge < -0.3 is 10.6 Å². The van der Waals surface area contributed by atoms with Crippen molar-refractivity contribution >= 4 is 38.7 Å². The van der Waals surface area contributed by atoms with Gasteiger partial charge >= 0.3 is 0 Å². The Kier molecular flexibility index (Phi) is 6.28. The average molecular weight is 412 g/mol. The number of anilines is 2. The summed E-state index contributed by atoms with van der Waals surface area (Å²) in [7, 11) is -3.65. The second kappa shape index (κ2) is 8.86. The first kappa shape index (κ1) is 19.9. The van der Waals surface area contributed by atoms with Crippen LogP contribution in [0.3, 0.4) is 0 Å². The lowest BCUT2D eigenvalue weighted by atomic mass is 10.2. The Hall–Kier alpha value is -2.90. The first-order valence-electron chi connectivity index (χ1n) is 8.71. The predicted molar refractivity (Wildman–Crippen MR) is 118 cm³/mol. The molecule has 0 saturated heterocycles. The van der Waals surface area contributed by atoms with Crippen molar-refractivity contribution in [3.8, 4) is 0 Å². The van der Waals surface area contributed by atoms with Crippen LogP contribution in [0.25, 0.3) is 0 Å². The van der Waals surface area contributed by atoms with Gasteiger partial charge in [0.2, 0.25) is 0 Å². The molecule has 0 spiro atoms. The minimum atomic E-state index is -3.65. The fraction of sp³-hybridized carbons (Fsp3) is 0.0952. The summed E-state index contributed by atoms with van der Waals surface area (Å²) in [6.07, 6.45) is 0. The van der Waals surface area contributed by atoms with Crippen LogP contribution in [-0.2, 0) is 16.6 Å². The summed E-state index contributed by atoms with van der Waals surface area (Å²) < 4.78 is 27.8. The van der Waals surface area contributed by atoms with Crippen LogP contribution in [0.4, 0.5) is 11.4 Å². The van der Waals surface area contributed by atoms with E-state index in [2.05, 4.69) is 15.4 Å². The van der Waals surface area contributed by atoms with Gasteiger partial charge in [-0.2, -0.15) is 0 Å². The molecule has 0 aromatic heterocycles. The Labute approximate surface area is 170 Å². The summed E-state index contributed by atoms with van der Waals surface area (Å²) in [5.41, 5.74) is 3.26. The Morgan fingerprint density at radius 2 is 1.54 bits per heavy atom. The number of rotatable bonds is 6. The van der Waals surface area contributed by atoms with Crippen molar-refractivity contribution in [3.63, 3.8) is 0 Å². The molecular formula is C21H21N3O2S2. The van der Waals surface area contributed by atoms with Crippen molar-refractivity contribution in [2.24, 2.45) is 0 Å². The predicted octanol–water partition coefficient (Wildman–Crippen LogP) is 4.28. The lowest BCUT2D eigenvalue weighted by Gasteiger charge is -2.12. The molecule has 0 saturated carbocycles. The van der Waals surface area contributed by atoms with Gasteiger partial charge in [-0.25, -0.2) is 8.42 Å². The Bertz CT molecular complexity index is 1050. The molecule has 0 radical (unpaired) electrons. The molecule has 3 aromatic rings. The van der Waals surface area contributed by atoms with Crippen molar-refractivity contribution in [2.45, 2.75) is 18.4 Å². The largest absolute Gasteiger partial charge is 0.358 e. The number of para-hydroxylation sites is 1. The topological polar surface area (TPSA) is 70.2 Å². The SMILES string of the molecule is Cc1ccccc1NS(=O)(=O)c1ccc(NC(=S)NCc2ccccc2)cc1. The molecule has 0 amide bonds. The first-order valence-corrected chi connectivity index (χ1v) is 10.6. The molecule has 3 N–H and O–H groups in total. The number of sulfonamides is 1. The lowest BCUT2D eigenvalue weighted by Crippen LogP contribution is -2.27. The molecule has 0 aliphatic carbocycles. The molecule has 3 rings (SSSR count). The smallest absolute Gasteiger partial charge is 0.261 e. The number of aryl methyl sites for hydroxylation is 1. The van der Waals surface area contributed by atoms with Crippen molar-refractivity contribution in [1.82, 2.24) is 5.32 Å². The molecule has 3 aromatic carbocycles. The van der Waals surface area contributed by atoms with E-state index < -0.39 is 10.0 Å². The Morgan fingerprint density at radius 1 is 0.893 bits per heavy atom. The highest BCUT2D eigenvalue weighted by Crippen LogP contribution is 2.20. The summed E-state index contributed by atoms with van der Waals surface area (Å²) in [5, 5.41) is 6.65. The second-order valence-electron chi connectivity index (χ2n) is 6.24. The zero-order valence-corrected chi connectivity index (χ0v) is 17.0. The zero-order valence-electron chi connectivity index (χ0n) is 15.3. The lowest BCUT2D eigenvalue weighted by molar-refractivity contribution is 0.601. The number of hydrogen-bond acceptors (Lipinski definition) is 3. The van der Waals surface area contributed by atoms with Crippen molar-refractivity contribution in [2.75, 3.05) is 10.0 Å². The van der Waals surface area contributed by atoms with Gasteiger partial charge in [0.25, 0.3) is 10.0 Å². The average Bonchev–Trinajstić information content (AvgIpc) is 2.69. The number of benzene rings is 3. The number of hydrogen-bond donors (Lipinski definition) is 3. The van der Waals surface area contributed by atoms with E-state index in [1.807, 2.05) is 49.4 Å². The van der Waals surface area contributed by atoms with Crippen molar-refractivity contribution in [3.05, 3.63) is 90.0 Å². The van der Waals surface area contributed by atoms with Crippen LogP contribution in [0.1, 0.15) is 11.1 Å². The van der Waals surface area contributed by atoms with E-state index in [0.717, 1.165) is 11.1 Å². The highest BCUT2D eigenvalue weighted by Gasteiger charge is 2.15. The van der Waals surface area contributed by atoms with Gasteiger partial charge in [-0.15, -0.1) is 0 Å². The van der Waals surface area contributed by atoms with E-state index in [0.29, 0.717) is 23.0 Å². The maximum Gasteiger partial charge on any atom is 0.261 e. The maximum absolute atomic E-state index is 12.6. The van der Waals surface area contributed by atoms with Gasteiger partial charge in [-0.3, -0.25) is 4.72 Å². The molecule has 7 heteroatoms. The van der Waals surface area contributed by atoms with E-state index in [9.17, 15) is 8.42 Å². The normalized spacial score (nSPS) is 10.9. The quantitative estimate of drug-likeness (QED) is 0.528. The van der Waals surface area contributed by atoms with E-state index >= 15 is 0 Å². The monoisotopic (exact) mass is 411 g/mol. The van der Waals surface area contributed by atoms with E-state index in [4.69, 9.17) is 12.2 Å². The molecule has 0 aliphatic rings. The van der Waals surface area contributed by atoms with Crippen LogP contribution in [0.2, 0.25) is 0 Å². The van der Waals surface area contributed by atoms with E-state index in [1.165, 1.54) is 0 Å². The zero-order chi connectivity index (χ0) is 20.0. The van der Waals surface area contributed by atoms with E-state index in [1.54, 1.807) is 36.4 Å². The Balaban J connectivity index is 1.61. The highest BCUT2D eigenvalue weighted by atomic mass is 32.2. The first-order chi connectivity index (χ1) is 13.4. The highest BCUT2D eigenvalue weighted by molar-refractivity contribution is 7.92. The Morgan fingerprint density at radius 3 is 2.21 bits per heavy atom. The van der Waals surface area contributed by atoms with Crippen LogP contribution in [0.15, 0.2) is 83.8 Å². The van der Waals surface area contributed by atoms with E-state index in [-0.39, 0.29) is 4.90 Å². The van der Waals surface area contributed by atoms with Crippen molar-refractivity contribution in [1.29, 1.82) is 0 Å². The summed E-state index contributed by atoms with van der Waals surface area (Å²) in [6.45, 7) is 2.47. The third kappa shape index (κ3) is 5.31. The van der Waals surface area contributed by atoms with Gasteiger partial charge in [-0.1, -0.05) is 48.5 Å². The van der Waals surface area contributed by atoms with Crippen LogP contribution < -0.4 is 15.4 Å². The molecule has 0 unspecified atom stereocenters. The van der Waals surface area contributed by atoms with Gasteiger partial charge in [0.1, 0.15) is 0 Å². The minimum absolute atomic E-state index is 0.185. The van der Waals surface area contributed by atoms with Crippen LogP contribution in [-0.4, -0.2) is 13.5 Å². The summed E-state index contributed by atoms with van der Waals surface area (Å²) in [4.78, 5) is 0.185. The molecule has 0 aliphatic heterocycles. The fourth-order valence-electron chi connectivity index (χ4n) is 2.56.